The van der Waals surface area contributed by atoms with E-state index in [1.54, 1.807) is 13.3 Å². The highest BCUT2D eigenvalue weighted by atomic mass is 127. The molecule has 0 saturated carbocycles. The number of anilines is 1. The van der Waals surface area contributed by atoms with E-state index in [1.807, 2.05) is 54.6 Å². The summed E-state index contributed by atoms with van der Waals surface area (Å²) in [6.07, 6.45) is 1.80. The van der Waals surface area contributed by atoms with Crippen LogP contribution < -0.4 is 15.8 Å². The van der Waals surface area contributed by atoms with Crippen LogP contribution in [0.5, 0.6) is 5.75 Å². The molecule has 0 atom stereocenters. The Morgan fingerprint density at radius 2 is 1.88 bits per heavy atom. The van der Waals surface area contributed by atoms with Crippen LogP contribution >= 0.6 is 24.0 Å². The first-order valence-electron chi connectivity index (χ1n) is 7.55. The maximum absolute atomic E-state index is 5.91. The molecule has 0 saturated heterocycles. The summed E-state index contributed by atoms with van der Waals surface area (Å²) >= 11 is 0. The monoisotopic (exact) mass is 449 g/mol. The predicted octanol–water partition coefficient (Wildman–Crippen LogP) is 3.63. The zero-order chi connectivity index (χ0) is 16.8. The van der Waals surface area contributed by atoms with Crippen molar-refractivity contribution in [2.75, 3.05) is 12.4 Å². The van der Waals surface area contributed by atoms with Crippen molar-refractivity contribution in [3.05, 3.63) is 66.6 Å². The van der Waals surface area contributed by atoms with Crippen LogP contribution in [0.1, 0.15) is 5.82 Å². The number of ether oxygens (including phenoxy) is 1. The third kappa shape index (κ3) is 5.21. The number of halogens is 1. The molecule has 4 N–H and O–H groups in total. The summed E-state index contributed by atoms with van der Waals surface area (Å²) in [5.74, 6) is 1.88. The number of guanidine groups is 1. The molecule has 0 spiro atoms. The van der Waals surface area contributed by atoms with Gasteiger partial charge in [0.25, 0.3) is 0 Å². The quantitative estimate of drug-likeness (QED) is 0.316. The second-order valence-electron chi connectivity index (χ2n) is 5.16. The lowest BCUT2D eigenvalue weighted by molar-refractivity contribution is 0.415. The molecule has 6 nitrogen and oxygen atoms in total. The number of methoxy groups -OCH3 is 1. The third-order valence-corrected chi connectivity index (χ3v) is 3.47. The Labute approximate surface area is 163 Å². The Balaban J connectivity index is 0.00000225. The number of hydrogen-bond acceptors (Lipinski definition) is 3. The molecule has 0 aliphatic heterocycles. The fourth-order valence-electron chi connectivity index (χ4n) is 2.23. The van der Waals surface area contributed by atoms with Crippen molar-refractivity contribution in [2.45, 2.75) is 6.54 Å². The van der Waals surface area contributed by atoms with E-state index in [0.717, 1.165) is 28.5 Å². The van der Waals surface area contributed by atoms with Gasteiger partial charge in [-0.05, 0) is 29.8 Å². The number of aromatic nitrogens is 2. The minimum atomic E-state index is 0. The average molecular weight is 449 g/mol. The van der Waals surface area contributed by atoms with E-state index in [4.69, 9.17) is 10.5 Å². The summed E-state index contributed by atoms with van der Waals surface area (Å²) in [6, 6.07) is 17.5. The number of benzene rings is 2. The molecule has 25 heavy (non-hydrogen) atoms. The fraction of sp³-hybridized carbons (Fsp3) is 0.111. The minimum absolute atomic E-state index is 0. The van der Waals surface area contributed by atoms with E-state index in [-0.39, 0.29) is 24.0 Å². The van der Waals surface area contributed by atoms with Crippen LogP contribution in [-0.2, 0) is 6.54 Å². The van der Waals surface area contributed by atoms with Crippen LogP contribution in [0.15, 0.2) is 65.8 Å². The zero-order valence-electron chi connectivity index (χ0n) is 13.8. The summed E-state index contributed by atoms with van der Waals surface area (Å²) in [6.45, 7) is 0.377. The molecule has 2 aromatic carbocycles. The minimum Gasteiger partial charge on any atom is -0.497 e. The van der Waals surface area contributed by atoms with E-state index in [2.05, 4.69) is 20.3 Å². The molecule has 1 heterocycles. The Hall–Kier alpha value is -2.55. The Morgan fingerprint density at radius 1 is 1.16 bits per heavy atom. The molecule has 0 fully saturated rings. The number of aliphatic imine (C=N–C) groups is 1. The van der Waals surface area contributed by atoms with E-state index in [0.29, 0.717) is 12.5 Å². The van der Waals surface area contributed by atoms with Crippen molar-refractivity contribution in [1.29, 1.82) is 0 Å². The SMILES string of the molecule is COc1ccc(NC(N)=NCc2ncc(-c3ccccc3)[nH]2)cc1.I. The number of H-pyrrole nitrogens is 1. The van der Waals surface area contributed by atoms with Gasteiger partial charge in [0.15, 0.2) is 5.96 Å². The van der Waals surface area contributed by atoms with Gasteiger partial charge in [-0.3, -0.25) is 0 Å². The molecule has 0 radical (unpaired) electrons. The van der Waals surface area contributed by atoms with E-state index >= 15 is 0 Å². The standard InChI is InChI=1S/C18H19N5O.HI/c1-24-15-9-7-14(8-10-15)22-18(19)21-12-17-20-11-16(23-17)13-5-3-2-4-6-13;/h2-11H,12H2,1H3,(H,20,23)(H3,19,21,22);1H. The maximum atomic E-state index is 5.91. The lowest BCUT2D eigenvalue weighted by Gasteiger charge is -2.06. The lowest BCUT2D eigenvalue weighted by atomic mass is 10.2. The molecule has 0 aliphatic carbocycles. The van der Waals surface area contributed by atoms with Crippen LogP contribution in [0.4, 0.5) is 5.69 Å². The van der Waals surface area contributed by atoms with Crippen molar-refractivity contribution in [3.63, 3.8) is 0 Å². The summed E-state index contributed by atoms with van der Waals surface area (Å²) < 4.78 is 5.12. The maximum Gasteiger partial charge on any atom is 0.193 e. The summed E-state index contributed by atoms with van der Waals surface area (Å²) in [4.78, 5) is 11.9. The number of aromatic amines is 1. The Morgan fingerprint density at radius 3 is 2.56 bits per heavy atom. The topological polar surface area (TPSA) is 88.3 Å². The molecule has 3 aromatic rings. The molecule has 7 heteroatoms. The van der Waals surface area contributed by atoms with Gasteiger partial charge in [-0.1, -0.05) is 30.3 Å². The van der Waals surface area contributed by atoms with Gasteiger partial charge in [0, 0.05) is 5.69 Å². The number of hydrogen-bond donors (Lipinski definition) is 3. The van der Waals surface area contributed by atoms with Crippen molar-refractivity contribution in [2.24, 2.45) is 10.7 Å². The van der Waals surface area contributed by atoms with Gasteiger partial charge in [0.1, 0.15) is 18.1 Å². The van der Waals surface area contributed by atoms with Crippen LogP contribution in [0.25, 0.3) is 11.3 Å². The van der Waals surface area contributed by atoms with Crippen molar-refractivity contribution < 1.29 is 4.74 Å². The van der Waals surface area contributed by atoms with Gasteiger partial charge in [-0.25, -0.2) is 9.98 Å². The van der Waals surface area contributed by atoms with Crippen LogP contribution in [0.3, 0.4) is 0 Å². The number of rotatable bonds is 5. The molecule has 130 valence electrons. The highest BCUT2D eigenvalue weighted by Gasteiger charge is 2.03. The number of nitrogens with zero attached hydrogens (tertiary/aromatic N) is 2. The number of nitrogens with one attached hydrogen (secondary N) is 2. The van der Waals surface area contributed by atoms with E-state index in [1.165, 1.54) is 0 Å². The van der Waals surface area contributed by atoms with Gasteiger partial charge < -0.3 is 20.8 Å². The van der Waals surface area contributed by atoms with Gasteiger partial charge in [0.05, 0.1) is 19.0 Å². The molecule has 0 unspecified atom stereocenters. The van der Waals surface area contributed by atoms with Gasteiger partial charge >= 0.3 is 0 Å². The van der Waals surface area contributed by atoms with Crippen molar-refractivity contribution >= 4 is 35.6 Å². The van der Waals surface area contributed by atoms with Crippen LogP contribution in [0.2, 0.25) is 0 Å². The van der Waals surface area contributed by atoms with Gasteiger partial charge in [-0.2, -0.15) is 0 Å². The second kappa shape index (κ2) is 9.07. The third-order valence-electron chi connectivity index (χ3n) is 3.47. The molecule has 1 aromatic heterocycles. The number of nitrogens with two attached hydrogens (primary N) is 1. The van der Waals surface area contributed by atoms with Crippen molar-refractivity contribution in [1.82, 2.24) is 9.97 Å². The Kier molecular flexibility index (Phi) is 6.81. The van der Waals surface area contributed by atoms with E-state index in [9.17, 15) is 0 Å². The largest absolute Gasteiger partial charge is 0.497 e. The number of imidazole rings is 1. The predicted molar refractivity (Wildman–Crippen MR) is 111 cm³/mol. The molecule has 0 bridgehead atoms. The molecular weight excluding hydrogens is 429 g/mol. The first-order valence-corrected chi connectivity index (χ1v) is 7.55. The molecular formula is C18H20IN5O. The Bertz CT molecular complexity index is 815. The summed E-state index contributed by atoms with van der Waals surface area (Å²) in [7, 11) is 1.63. The van der Waals surface area contributed by atoms with Gasteiger partial charge in [0.2, 0.25) is 0 Å². The first kappa shape index (κ1) is 18.8. The normalized spacial score (nSPS) is 10.8. The van der Waals surface area contributed by atoms with Gasteiger partial charge in [-0.15, -0.1) is 24.0 Å². The fourth-order valence-corrected chi connectivity index (χ4v) is 2.23. The molecule has 0 amide bonds. The lowest BCUT2D eigenvalue weighted by Crippen LogP contribution is -2.22. The zero-order valence-corrected chi connectivity index (χ0v) is 16.1. The second-order valence-corrected chi connectivity index (χ2v) is 5.16. The molecule has 0 aliphatic rings. The molecule has 3 rings (SSSR count). The summed E-state index contributed by atoms with van der Waals surface area (Å²) in [5.41, 5.74) is 8.80. The smallest absolute Gasteiger partial charge is 0.193 e. The summed E-state index contributed by atoms with van der Waals surface area (Å²) in [5, 5.41) is 3.03. The van der Waals surface area contributed by atoms with E-state index < -0.39 is 0 Å². The highest BCUT2D eigenvalue weighted by molar-refractivity contribution is 14.0. The first-order chi connectivity index (χ1) is 11.7. The highest BCUT2D eigenvalue weighted by Crippen LogP contribution is 2.17. The van der Waals surface area contributed by atoms with Crippen LogP contribution in [-0.4, -0.2) is 23.0 Å². The van der Waals surface area contributed by atoms with Crippen LogP contribution in [0, 0.1) is 0 Å². The average Bonchev–Trinajstić information content (AvgIpc) is 3.10. The van der Waals surface area contributed by atoms with Crippen molar-refractivity contribution in [3.8, 4) is 17.0 Å².